The number of carbonyl (C=O) groups is 1. The van der Waals surface area contributed by atoms with Crippen LogP contribution in [0.15, 0.2) is 48.8 Å². The van der Waals surface area contributed by atoms with Crippen LogP contribution < -0.4 is 15.5 Å². The van der Waals surface area contributed by atoms with Crippen LogP contribution in [0.3, 0.4) is 0 Å². The average Bonchev–Trinajstić information content (AvgIpc) is 3.70. The normalized spacial score (nSPS) is 19.5. The van der Waals surface area contributed by atoms with E-state index in [0.29, 0.717) is 35.2 Å². The Morgan fingerprint density at radius 3 is 2.82 bits per heavy atom. The van der Waals surface area contributed by atoms with Gasteiger partial charge in [0.25, 0.3) is 5.91 Å². The molecule has 3 aromatic heterocycles. The first-order chi connectivity index (χ1) is 19.0. The van der Waals surface area contributed by atoms with Crippen LogP contribution in [0.1, 0.15) is 33.8 Å². The predicted molar refractivity (Wildman–Crippen MR) is 147 cm³/mol. The lowest BCUT2D eigenvalue weighted by Crippen LogP contribution is -2.45. The maximum Gasteiger partial charge on any atom is 0.254 e. The van der Waals surface area contributed by atoms with Gasteiger partial charge in [-0.05, 0) is 37.2 Å². The summed E-state index contributed by atoms with van der Waals surface area (Å²) in [7, 11) is 2.15. The summed E-state index contributed by atoms with van der Waals surface area (Å²) >= 11 is 0. The van der Waals surface area contributed by atoms with Crippen molar-refractivity contribution in [1.29, 1.82) is 0 Å². The smallest absolute Gasteiger partial charge is 0.254 e. The molecule has 1 atom stereocenters. The second kappa shape index (κ2) is 9.62. The van der Waals surface area contributed by atoms with E-state index in [4.69, 9.17) is 9.72 Å². The lowest BCUT2D eigenvalue weighted by Gasteiger charge is -2.35. The van der Waals surface area contributed by atoms with E-state index < -0.39 is 0 Å². The maximum absolute atomic E-state index is 13.7. The first-order valence-corrected chi connectivity index (χ1v) is 13.4. The molecule has 7 rings (SSSR count). The summed E-state index contributed by atoms with van der Waals surface area (Å²) in [5.74, 6) is 1.57. The molecule has 1 aromatic carbocycles. The number of carbonyl (C=O) groups excluding carboxylic acids is 1. The monoisotopic (exact) mass is 527 g/mol. The number of hydrogen-bond donors (Lipinski definition) is 2. The summed E-state index contributed by atoms with van der Waals surface area (Å²) in [6.07, 6.45) is 4.38. The Hall–Kier alpha value is -4.02. The van der Waals surface area contributed by atoms with Crippen molar-refractivity contribution in [1.82, 2.24) is 24.6 Å². The third-order valence-electron chi connectivity index (χ3n) is 8.06. The number of hydrogen-bond acceptors (Lipinski definition) is 7. The zero-order valence-electron chi connectivity index (χ0n) is 21.8. The molecule has 9 nitrogen and oxygen atoms in total. The number of imidazole rings is 1. The van der Waals surface area contributed by atoms with Crippen molar-refractivity contribution < 1.29 is 13.9 Å². The molecule has 200 valence electrons. The van der Waals surface area contributed by atoms with Gasteiger partial charge in [-0.3, -0.25) is 9.20 Å². The molecule has 10 heteroatoms. The fourth-order valence-electron chi connectivity index (χ4n) is 5.88. The SMILES string of the molecule is CN1CCN(c2nc(Nc3ccc(-c4cnc5cc(F)ccn45)c4c3C(=O)NC4)ccc2C2CCOC2)CC1. The van der Waals surface area contributed by atoms with Gasteiger partial charge in [0, 0.05) is 68.6 Å². The van der Waals surface area contributed by atoms with Crippen LogP contribution in [0.2, 0.25) is 0 Å². The molecule has 1 unspecified atom stereocenters. The van der Waals surface area contributed by atoms with E-state index in [-0.39, 0.29) is 11.7 Å². The number of anilines is 3. The number of piperazine rings is 1. The number of pyridine rings is 2. The molecular formula is C29H30FN7O2. The van der Waals surface area contributed by atoms with Gasteiger partial charge in [0.2, 0.25) is 0 Å². The lowest BCUT2D eigenvalue weighted by molar-refractivity contribution is 0.0966. The highest BCUT2D eigenvalue weighted by atomic mass is 19.1. The van der Waals surface area contributed by atoms with Crippen molar-refractivity contribution >= 4 is 28.9 Å². The lowest BCUT2D eigenvalue weighted by atomic mass is 9.98. The number of nitrogens with one attached hydrogen (secondary N) is 2. The minimum Gasteiger partial charge on any atom is -0.381 e. The first kappa shape index (κ1) is 24.1. The highest BCUT2D eigenvalue weighted by Crippen LogP contribution is 2.37. The van der Waals surface area contributed by atoms with Crippen molar-refractivity contribution in [3.63, 3.8) is 0 Å². The van der Waals surface area contributed by atoms with E-state index in [0.717, 1.165) is 68.5 Å². The zero-order valence-corrected chi connectivity index (χ0v) is 21.8. The fraction of sp³-hybridized carbons (Fsp3) is 0.345. The van der Waals surface area contributed by atoms with Gasteiger partial charge >= 0.3 is 0 Å². The first-order valence-electron chi connectivity index (χ1n) is 13.4. The van der Waals surface area contributed by atoms with Gasteiger partial charge in [-0.15, -0.1) is 0 Å². The van der Waals surface area contributed by atoms with Gasteiger partial charge in [-0.25, -0.2) is 14.4 Å². The summed E-state index contributed by atoms with van der Waals surface area (Å²) in [6, 6.07) is 10.9. The molecular weight excluding hydrogens is 497 g/mol. The number of nitrogens with zero attached hydrogens (tertiary/aromatic N) is 5. The molecule has 4 aromatic rings. The number of halogens is 1. The predicted octanol–water partition coefficient (Wildman–Crippen LogP) is 3.78. The van der Waals surface area contributed by atoms with Gasteiger partial charge in [-0.1, -0.05) is 12.1 Å². The molecule has 0 aliphatic carbocycles. The Morgan fingerprint density at radius 2 is 2.00 bits per heavy atom. The molecule has 2 N–H and O–H groups in total. The number of aromatic nitrogens is 3. The van der Waals surface area contributed by atoms with Crippen molar-refractivity contribution in [2.45, 2.75) is 18.9 Å². The van der Waals surface area contributed by atoms with Gasteiger partial charge in [0.05, 0.1) is 29.7 Å². The molecule has 0 bridgehead atoms. The Labute approximate surface area is 225 Å². The van der Waals surface area contributed by atoms with Crippen LogP contribution in [-0.2, 0) is 11.3 Å². The van der Waals surface area contributed by atoms with Crippen LogP contribution in [-0.4, -0.2) is 71.6 Å². The van der Waals surface area contributed by atoms with E-state index >= 15 is 0 Å². The number of fused-ring (bicyclic) bond motifs is 2. The zero-order chi connectivity index (χ0) is 26.5. The quantitative estimate of drug-likeness (QED) is 0.409. The van der Waals surface area contributed by atoms with Gasteiger partial charge < -0.3 is 25.2 Å². The largest absolute Gasteiger partial charge is 0.381 e. The number of likely N-dealkylation sites (N-methyl/N-ethyl adjacent to an activating group) is 1. The molecule has 0 spiro atoms. The van der Waals surface area contributed by atoms with Gasteiger partial charge in [0.1, 0.15) is 23.1 Å². The molecule has 2 fully saturated rings. The molecule has 0 saturated carbocycles. The maximum atomic E-state index is 13.7. The summed E-state index contributed by atoms with van der Waals surface area (Å²) in [5, 5.41) is 6.41. The number of ether oxygens (including phenoxy) is 1. The van der Waals surface area contributed by atoms with Crippen LogP contribution in [0.25, 0.3) is 16.9 Å². The second-order valence-corrected chi connectivity index (χ2v) is 10.5. The molecule has 1 amide bonds. The third-order valence-corrected chi connectivity index (χ3v) is 8.06. The third kappa shape index (κ3) is 4.29. The molecule has 6 heterocycles. The Kier molecular flexibility index (Phi) is 5.93. The molecule has 3 aliphatic rings. The van der Waals surface area contributed by atoms with Crippen molar-refractivity contribution in [3.05, 3.63) is 71.3 Å². The highest BCUT2D eigenvalue weighted by molar-refractivity contribution is 6.06. The second-order valence-electron chi connectivity index (χ2n) is 10.5. The van der Waals surface area contributed by atoms with Gasteiger partial charge in [-0.2, -0.15) is 0 Å². The number of rotatable bonds is 5. The van der Waals surface area contributed by atoms with E-state index in [2.05, 4.69) is 38.5 Å². The average molecular weight is 528 g/mol. The van der Waals surface area contributed by atoms with Crippen molar-refractivity contribution in [3.8, 4) is 11.3 Å². The number of benzene rings is 1. The minimum atomic E-state index is -0.337. The topological polar surface area (TPSA) is 87.0 Å². The summed E-state index contributed by atoms with van der Waals surface area (Å²) in [4.78, 5) is 27.2. The molecule has 3 aliphatic heterocycles. The Morgan fingerprint density at radius 1 is 1.13 bits per heavy atom. The fourth-order valence-corrected chi connectivity index (χ4v) is 5.88. The number of amides is 1. The highest BCUT2D eigenvalue weighted by Gasteiger charge is 2.29. The van der Waals surface area contributed by atoms with Gasteiger partial charge in [0.15, 0.2) is 0 Å². The van der Waals surface area contributed by atoms with Crippen LogP contribution in [0.4, 0.5) is 21.7 Å². The van der Waals surface area contributed by atoms with Crippen molar-refractivity contribution in [2.75, 3.05) is 56.7 Å². The van der Waals surface area contributed by atoms with E-state index in [1.165, 1.54) is 17.7 Å². The van der Waals surface area contributed by atoms with Crippen molar-refractivity contribution in [2.24, 2.45) is 0 Å². The molecule has 39 heavy (non-hydrogen) atoms. The van der Waals surface area contributed by atoms with E-state index in [1.807, 2.05) is 22.6 Å². The minimum absolute atomic E-state index is 0.131. The standard InChI is InChI=1S/C29H30FN7O2/c1-35-9-11-36(12-10-35)28-20(18-7-13-39-17-18)3-5-25(34-28)33-23-4-2-21(22-15-32-29(38)27(22)23)24-16-31-26-14-19(30)6-8-37(24)26/h2-6,8,14,16,18H,7,9-13,15,17H2,1H3,(H,32,38)(H,33,34). The van der Waals surface area contributed by atoms with Crippen LogP contribution >= 0.6 is 0 Å². The summed E-state index contributed by atoms with van der Waals surface area (Å²) in [6.45, 7) is 5.73. The summed E-state index contributed by atoms with van der Waals surface area (Å²) < 4.78 is 21.3. The summed E-state index contributed by atoms with van der Waals surface area (Å²) in [5.41, 5.74) is 5.63. The van der Waals surface area contributed by atoms with E-state index in [9.17, 15) is 9.18 Å². The van der Waals surface area contributed by atoms with Crippen LogP contribution in [0, 0.1) is 5.82 Å². The van der Waals surface area contributed by atoms with E-state index in [1.54, 1.807) is 12.4 Å². The van der Waals surface area contributed by atoms with Crippen LogP contribution in [0.5, 0.6) is 0 Å². The Bertz CT molecular complexity index is 1570. The molecule has 0 radical (unpaired) electrons. The molecule has 2 saturated heterocycles. The Balaban J connectivity index is 1.25.